The number of fused-ring (bicyclic) bond motifs is 5. The van der Waals surface area contributed by atoms with Gasteiger partial charge in [-0.2, -0.15) is 0 Å². The largest absolute Gasteiger partial charge is 0.508 e. The number of phenolic OH excluding ortho intramolecular Hbond substituents is 1. The maximum absolute atomic E-state index is 12.5. The molecule has 212 valence electrons. The molecule has 0 aliphatic heterocycles. The minimum Gasteiger partial charge on any atom is -0.508 e. The number of unbranched alkanes of at least 4 members (excludes halogenated alkanes) is 6. The van der Waals surface area contributed by atoms with Crippen LogP contribution in [0.2, 0.25) is 0 Å². The van der Waals surface area contributed by atoms with E-state index in [1.54, 1.807) is 0 Å². The van der Waals surface area contributed by atoms with E-state index in [1.807, 2.05) is 24.1 Å². The highest BCUT2D eigenvalue weighted by Crippen LogP contribution is 2.69. The van der Waals surface area contributed by atoms with Gasteiger partial charge >= 0.3 is 0 Å². The Bertz CT molecular complexity index is 959. The molecule has 38 heavy (non-hydrogen) atoms. The lowest BCUT2D eigenvalue weighted by atomic mass is 9.44. The Morgan fingerprint density at radius 3 is 2.66 bits per heavy atom. The van der Waals surface area contributed by atoms with E-state index >= 15 is 0 Å². The standard InChI is InChI=1S/C34H53NO3/c1-5-7-8-9-12-15-31(38)35(4)22-13-10-11-14-26-24-33(3)29(18-19-30(33)37)34(6-2)21-20-25-23-27(36)16-17-28(25)32(26)34/h6,16-17,23,26,29-30,32,36-37H,2,5,7-15,18-22,24H2,1,3-4H3/t26-,29+,30-,32+,33-,34-/m0/s1. The summed E-state index contributed by atoms with van der Waals surface area (Å²) in [7, 11) is 1.96. The van der Waals surface area contributed by atoms with Gasteiger partial charge in [-0.25, -0.2) is 0 Å². The van der Waals surface area contributed by atoms with Crippen LogP contribution in [0, 0.1) is 22.7 Å². The molecule has 0 aromatic heterocycles. The van der Waals surface area contributed by atoms with Gasteiger partial charge in [0, 0.05) is 20.0 Å². The fourth-order valence-electron chi connectivity index (χ4n) is 8.82. The average molecular weight is 524 g/mol. The molecule has 0 spiro atoms. The molecular weight excluding hydrogens is 470 g/mol. The van der Waals surface area contributed by atoms with Crippen molar-refractivity contribution >= 4 is 5.91 Å². The monoisotopic (exact) mass is 523 g/mol. The number of aromatic hydroxyl groups is 1. The van der Waals surface area contributed by atoms with Gasteiger partial charge in [0.25, 0.3) is 0 Å². The molecule has 1 aromatic carbocycles. The lowest BCUT2D eigenvalue weighted by Gasteiger charge is -2.60. The quantitative estimate of drug-likeness (QED) is 0.205. The van der Waals surface area contributed by atoms with Gasteiger partial charge in [0.2, 0.25) is 5.91 Å². The van der Waals surface area contributed by atoms with Gasteiger partial charge in [0.1, 0.15) is 5.75 Å². The molecule has 4 rings (SSSR count). The molecule has 0 heterocycles. The summed E-state index contributed by atoms with van der Waals surface area (Å²) in [5.41, 5.74) is 2.68. The first-order valence-electron chi connectivity index (χ1n) is 15.6. The van der Waals surface area contributed by atoms with E-state index in [0.29, 0.717) is 35.8 Å². The maximum Gasteiger partial charge on any atom is 0.222 e. The predicted molar refractivity (Wildman–Crippen MR) is 156 cm³/mol. The molecule has 1 amide bonds. The van der Waals surface area contributed by atoms with Crippen LogP contribution in [0.4, 0.5) is 0 Å². The van der Waals surface area contributed by atoms with Gasteiger partial charge in [-0.15, -0.1) is 6.58 Å². The number of hydrogen-bond acceptors (Lipinski definition) is 3. The van der Waals surface area contributed by atoms with Crippen LogP contribution in [0.25, 0.3) is 0 Å². The lowest BCUT2D eigenvalue weighted by Crippen LogP contribution is -2.54. The van der Waals surface area contributed by atoms with Crippen LogP contribution in [-0.2, 0) is 11.2 Å². The van der Waals surface area contributed by atoms with Gasteiger partial charge in [-0.3, -0.25) is 4.79 Å². The van der Waals surface area contributed by atoms with Crippen molar-refractivity contribution in [3.63, 3.8) is 0 Å². The molecule has 2 N–H and O–H groups in total. The van der Waals surface area contributed by atoms with Crippen LogP contribution in [0.5, 0.6) is 5.75 Å². The Morgan fingerprint density at radius 1 is 1.13 bits per heavy atom. The van der Waals surface area contributed by atoms with Crippen molar-refractivity contribution in [2.75, 3.05) is 13.6 Å². The molecule has 0 bridgehead atoms. The zero-order valence-corrected chi connectivity index (χ0v) is 24.4. The number of aliphatic hydroxyl groups is 1. The number of allylic oxidation sites excluding steroid dienone is 1. The van der Waals surface area contributed by atoms with E-state index in [-0.39, 0.29) is 16.9 Å². The third kappa shape index (κ3) is 5.71. The first-order valence-corrected chi connectivity index (χ1v) is 15.6. The number of rotatable bonds is 13. The van der Waals surface area contributed by atoms with Crippen molar-refractivity contribution in [1.29, 1.82) is 0 Å². The van der Waals surface area contributed by atoms with Crippen LogP contribution < -0.4 is 0 Å². The summed E-state index contributed by atoms with van der Waals surface area (Å²) in [6.45, 7) is 9.83. The molecule has 2 saturated carbocycles. The van der Waals surface area contributed by atoms with E-state index in [1.165, 1.54) is 36.8 Å². The molecule has 3 aliphatic carbocycles. The summed E-state index contributed by atoms with van der Waals surface area (Å²) in [6.07, 6.45) is 18.2. The normalized spacial score (nSPS) is 31.8. The highest BCUT2D eigenvalue weighted by Gasteiger charge is 2.63. The Hall–Kier alpha value is -1.81. The Balaban J connectivity index is 1.38. The topological polar surface area (TPSA) is 60.8 Å². The molecule has 4 heteroatoms. The second kappa shape index (κ2) is 12.6. The van der Waals surface area contributed by atoms with Crippen LogP contribution in [0.1, 0.15) is 121 Å². The minimum atomic E-state index is -0.226. The second-order valence-electron chi connectivity index (χ2n) is 13.1. The SMILES string of the molecule is C=C[C@@]12CCc3cc(O)ccc3[C@H]1[C@@H](CCCCCN(C)C(=O)CCCCCCC)C[C@@]1(C)[C@H]2CC[C@@H]1O. The van der Waals surface area contributed by atoms with Crippen molar-refractivity contribution in [2.45, 2.75) is 122 Å². The first-order chi connectivity index (χ1) is 18.3. The van der Waals surface area contributed by atoms with Crippen molar-refractivity contribution in [3.8, 4) is 5.75 Å². The summed E-state index contributed by atoms with van der Waals surface area (Å²) in [5, 5.41) is 21.3. The zero-order valence-electron chi connectivity index (χ0n) is 24.4. The summed E-state index contributed by atoms with van der Waals surface area (Å²) < 4.78 is 0. The number of carbonyl (C=O) groups excluding carboxylic acids is 1. The van der Waals surface area contributed by atoms with Crippen LogP contribution in [0.3, 0.4) is 0 Å². The minimum absolute atomic E-state index is 0.0168. The van der Waals surface area contributed by atoms with Crippen molar-refractivity contribution in [3.05, 3.63) is 42.0 Å². The number of hydrogen-bond donors (Lipinski definition) is 2. The molecule has 0 radical (unpaired) electrons. The van der Waals surface area contributed by atoms with Crippen molar-refractivity contribution in [1.82, 2.24) is 4.90 Å². The zero-order chi connectivity index (χ0) is 27.3. The third-order valence-electron chi connectivity index (χ3n) is 10.8. The Labute approximate surface area is 231 Å². The third-order valence-corrected chi connectivity index (χ3v) is 10.8. The Kier molecular flexibility index (Phi) is 9.66. The molecule has 4 nitrogen and oxygen atoms in total. The fraction of sp³-hybridized carbons (Fsp3) is 0.735. The first kappa shape index (κ1) is 29.2. The van der Waals surface area contributed by atoms with Gasteiger partial charge in [0.15, 0.2) is 0 Å². The highest BCUT2D eigenvalue weighted by atomic mass is 16.3. The molecule has 1 aromatic rings. The molecule has 6 atom stereocenters. The Morgan fingerprint density at radius 2 is 1.89 bits per heavy atom. The summed E-state index contributed by atoms with van der Waals surface area (Å²) >= 11 is 0. The fourth-order valence-corrected chi connectivity index (χ4v) is 8.82. The summed E-state index contributed by atoms with van der Waals surface area (Å²) in [5.74, 6) is 2.02. The van der Waals surface area contributed by atoms with Gasteiger partial charge in [-0.05, 0) is 103 Å². The number of aryl methyl sites for hydroxylation is 1. The number of phenols is 1. The number of aliphatic hydroxyl groups excluding tert-OH is 1. The van der Waals surface area contributed by atoms with Crippen molar-refractivity contribution in [2.24, 2.45) is 22.7 Å². The lowest BCUT2D eigenvalue weighted by molar-refractivity contribution is -0.130. The molecule has 3 aliphatic rings. The van der Waals surface area contributed by atoms with Gasteiger partial charge in [0.05, 0.1) is 6.10 Å². The van der Waals surface area contributed by atoms with Crippen LogP contribution >= 0.6 is 0 Å². The maximum atomic E-state index is 12.5. The number of carbonyl (C=O) groups is 1. The number of amides is 1. The average Bonchev–Trinajstić information content (AvgIpc) is 3.21. The van der Waals surface area contributed by atoms with Crippen LogP contribution in [-0.4, -0.2) is 40.7 Å². The van der Waals surface area contributed by atoms with Crippen molar-refractivity contribution < 1.29 is 15.0 Å². The van der Waals surface area contributed by atoms with Gasteiger partial charge < -0.3 is 15.1 Å². The van der Waals surface area contributed by atoms with E-state index in [9.17, 15) is 15.0 Å². The van der Waals surface area contributed by atoms with E-state index in [0.717, 1.165) is 70.8 Å². The molecular formula is C34H53NO3. The second-order valence-corrected chi connectivity index (χ2v) is 13.1. The predicted octanol–water partition coefficient (Wildman–Crippen LogP) is 7.77. The van der Waals surface area contributed by atoms with Crippen LogP contribution in [0.15, 0.2) is 30.9 Å². The molecule has 0 saturated heterocycles. The highest BCUT2D eigenvalue weighted by molar-refractivity contribution is 5.75. The summed E-state index contributed by atoms with van der Waals surface area (Å²) in [4.78, 5) is 14.4. The number of benzene rings is 1. The van der Waals surface area contributed by atoms with Gasteiger partial charge in [-0.1, -0.05) is 64.5 Å². The van der Waals surface area contributed by atoms with E-state index in [2.05, 4.69) is 32.6 Å². The molecule has 2 fully saturated rings. The van der Waals surface area contributed by atoms with E-state index in [4.69, 9.17) is 0 Å². The van der Waals surface area contributed by atoms with E-state index < -0.39 is 0 Å². The summed E-state index contributed by atoms with van der Waals surface area (Å²) in [6, 6.07) is 6.02. The molecule has 0 unspecified atom stereocenters. The number of nitrogens with zero attached hydrogens (tertiary/aromatic N) is 1. The smallest absolute Gasteiger partial charge is 0.222 e.